The van der Waals surface area contributed by atoms with Crippen LogP contribution in [0.15, 0.2) is 34.9 Å². The third-order valence-corrected chi connectivity index (χ3v) is 3.38. The van der Waals surface area contributed by atoms with Crippen LogP contribution < -0.4 is 5.32 Å². The highest BCUT2D eigenvalue weighted by molar-refractivity contribution is 5.94. The lowest BCUT2D eigenvalue weighted by Gasteiger charge is -2.03. The SMILES string of the molecule is CCc1nnc(-c2cn(CC(=O)NC)c3ccccc23)o1. The van der Waals surface area contributed by atoms with Gasteiger partial charge in [0.1, 0.15) is 6.54 Å². The van der Waals surface area contributed by atoms with Crippen LogP contribution in [0, 0.1) is 0 Å². The number of benzene rings is 1. The van der Waals surface area contributed by atoms with Crippen molar-refractivity contribution in [2.75, 3.05) is 7.05 Å². The second kappa shape index (κ2) is 5.40. The maximum absolute atomic E-state index is 11.6. The second-order valence-corrected chi connectivity index (χ2v) is 4.72. The van der Waals surface area contributed by atoms with Crippen molar-refractivity contribution in [2.45, 2.75) is 19.9 Å². The molecule has 0 aliphatic rings. The van der Waals surface area contributed by atoms with Gasteiger partial charge in [-0.15, -0.1) is 10.2 Å². The van der Waals surface area contributed by atoms with Crippen LogP contribution in [-0.2, 0) is 17.8 Å². The zero-order valence-corrected chi connectivity index (χ0v) is 12.0. The van der Waals surface area contributed by atoms with E-state index in [0.717, 1.165) is 16.5 Å². The van der Waals surface area contributed by atoms with Gasteiger partial charge >= 0.3 is 0 Å². The molecule has 0 aliphatic carbocycles. The Labute approximate surface area is 121 Å². The number of nitrogens with one attached hydrogen (secondary N) is 1. The number of hydrogen-bond acceptors (Lipinski definition) is 4. The standard InChI is InChI=1S/C15H16N4O2/c1-3-14-17-18-15(21-14)11-8-19(9-13(20)16-2)12-7-5-4-6-10(11)12/h4-8H,3,9H2,1-2H3,(H,16,20). The average Bonchev–Trinajstić information content (AvgIpc) is 3.12. The Morgan fingerprint density at radius 2 is 2.14 bits per heavy atom. The predicted octanol–water partition coefficient (Wildman–Crippen LogP) is 2.00. The summed E-state index contributed by atoms with van der Waals surface area (Å²) in [7, 11) is 1.63. The van der Waals surface area contributed by atoms with E-state index >= 15 is 0 Å². The highest BCUT2D eigenvalue weighted by Crippen LogP contribution is 2.29. The minimum absolute atomic E-state index is 0.0536. The van der Waals surface area contributed by atoms with Crippen LogP contribution in [0.2, 0.25) is 0 Å². The number of para-hydroxylation sites is 1. The fourth-order valence-electron chi connectivity index (χ4n) is 2.29. The number of rotatable bonds is 4. The molecule has 0 fully saturated rings. The van der Waals surface area contributed by atoms with E-state index in [1.54, 1.807) is 7.05 Å². The third kappa shape index (κ3) is 2.40. The molecule has 0 atom stereocenters. The maximum Gasteiger partial charge on any atom is 0.249 e. The lowest BCUT2D eigenvalue weighted by atomic mass is 10.2. The summed E-state index contributed by atoms with van der Waals surface area (Å²) in [5.74, 6) is 1.04. The Morgan fingerprint density at radius 1 is 1.33 bits per heavy atom. The normalized spacial score (nSPS) is 11.0. The van der Waals surface area contributed by atoms with E-state index in [-0.39, 0.29) is 12.5 Å². The van der Waals surface area contributed by atoms with Gasteiger partial charge in [-0.2, -0.15) is 0 Å². The van der Waals surface area contributed by atoms with E-state index in [4.69, 9.17) is 4.42 Å². The molecule has 0 spiro atoms. The molecule has 0 bridgehead atoms. The van der Waals surface area contributed by atoms with Crippen LogP contribution in [0.1, 0.15) is 12.8 Å². The molecule has 3 aromatic rings. The number of aromatic nitrogens is 3. The minimum Gasteiger partial charge on any atom is -0.421 e. The van der Waals surface area contributed by atoms with Crippen molar-refractivity contribution in [3.63, 3.8) is 0 Å². The first-order valence-electron chi connectivity index (χ1n) is 6.84. The summed E-state index contributed by atoms with van der Waals surface area (Å²) in [6.45, 7) is 2.22. The Balaban J connectivity index is 2.12. The molecule has 0 unspecified atom stereocenters. The Hall–Kier alpha value is -2.63. The molecule has 1 aromatic carbocycles. The molecule has 1 amide bonds. The first kappa shape index (κ1) is 13.4. The van der Waals surface area contributed by atoms with E-state index in [9.17, 15) is 4.79 Å². The van der Waals surface area contributed by atoms with Crippen molar-refractivity contribution in [3.05, 3.63) is 36.4 Å². The van der Waals surface area contributed by atoms with Crippen LogP contribution in [0.5, 0.6) is 0 Å². The molecule has 3 rings (SSSR count). The zero-order chi connectivity index (χ0) is 14.8. The summed E-state index contributed by atoms with van der Waals surface area (Å²) in [4.78, 5) is 11.6. The van der Waals surface area contributed by atoms with E-state index < -0.39 is 0 Å². The number of aryl methyl sites for hydroxylation is 1. The topological polar surface area (TPSA) is 73.0 Å². The van der Waals surface area contributed by atoms with Gasteiger partial charge in [0.2, 0.25) is 17.7 Å². The number of carbonyl (C=O) groups is 1. The van der Waals surface area contributed by atoms with Gasteiger partial charge in [-0.3, -0.25) is 4.79 Å². The highest BCUT2D eigenvalue weighted by atomic mass is 16.4. The largest absolute Gasteiger partial charge is 0.421 e. The monoisotopic (exact) mass is 284 g/mol. The second-order valence-electron chi connectivity index (χ2n) is 4.72. The summed E-state index contributed by atoms with van der Waals surface area (Å²) in [6.07, 6.45) is 2.58. The van der Waals surface area contributed by atoms with Crippen LogP contribution in [0.4, 0.5) is 0 Å². The molecule has 108 valence electrons. The summed E-state index contributed by atoms with van der Waals surface area (Å²) in [5.41, 5.74) is 1.81. The van der Waals surface area contributed by atoms with Crippen LogP contribution in [-0.4, -0.2) is 27.7 Å². The molecule has 1 N–H and O–H groups in total. The van der Waals surface area contributed by atoms with E-state index in [1.807, 2.05) is 42.0 Å². The van der Waals surface area contributed by atoms with E-state index in [1.165, 1.54) is 0 Å². The van der Waals surface area contributed by atoms with Crippen molar-refractivity contribution >= 4 is 16.8 Å². The molecule has 2 heterocycles. The number of carbonyl (C=O) groups excluding carboxylic acids is 1. The van der Waals surface area contributed by atoms with Gasteiger partial charge in [0.25, 0.3) is 0 Å². The summed E-state index contributed by atoms with van der Waals surface area (Å²) in [6, 6.07) is 7.85. The van der Waals surface area contributed by atoms with Crippen molar-refractivity contribution < 1.29 is 9.21 Å². The first-order chi connectivity index (χ1) is 10.2. The summed E-state index contributed by atoms with van der Waals surface area (Å²) < 4.78 is 7.52. The van der Waals surface area contributed by atoms with Crippen LogP contribution >= 0.6 is 0 Å². The highest BCUT2D eigenvalue weighted by Gasteiger charge is 2.16. The zero-order valence-electron chi connectivity index (χ0n) is 12.0. The molecular formula is C15H16N4O2. The number of fused-ring (bicyclic) bond motifs is 1. The van der Waals surface area contributed by atoms with Gasteiger partial charge in [-0.05, 0) is 6.07 Å². The molecular weight excluding hydrogens is 268 g/mol. The molecule has 0 radical (unpaired) electrons. The van der Waals surface area contributed by atoms with Gasteiger partial charge < -0.3 is 14.3 Å². The van der Waals surface area contributed by atoms with Crippen molar-refractivity contribution in [1.82, 2.24) is 20.1 Å². The van der Waals surface area contributed by atoms with Gasteiger partial charge in [0.15, 0.2) is 0 Å². The summed E-state index contributed by atoms with van der Waals surface area (Å²) >= 11 is 0. The van der Waals surface area contributed by atoms with Crippen LogP contribution in [0.25, 0.3) is 22.4 Å². The molecule has 0 saturated carbocycles. The first-order valence-corrected chi connectivity index (χ1v) is 6.84. The molecule has 0 aliphatic heterocycles. The van der Waals surface area contributed by atoms with Crippen molar-refractivity contribution in [1.29, 1.82) is 0 Å². The fourth-order valence-corrected chi connectivity index (χ4v) is 2.29. The van der Waals surface area contributed by atoms with Crippen molar-refractivity contribution in [2.24, 2.45) is 0 Å². The van der Waals surface area contributed by atoms with Crippen LogP contribution in [0.3, 0.4) is 0 Å². The maximum atomic E-state index is 11.6. The minimum atomic E-state index is -0.0536. The molecule has 6 nitrogen and oxygen atoms in total. The van der Waals surface area contributed by atoms with E-state index in [2.05, 4.69) is 15.5 Å². The van der Waals surface area contributed by atoms with Gasteiger partial charge in [-0.1, -0.05) is 25.1 Å². The Morgan fingerprint density at radius 3 is 2.86 bits per heavy atom. The van der Waals surface area contributed by atoms with Gasteiger partial charge in [-0.25, -0.2) is 0 Å². The number of likely N-dealkylation sites (N-methyl/N-ethyl adjacent to an activating group) is 1. The molecule has 2 aromatic heterocycles. The third-order valence-electron chi connectivity index (χ3n) is 3.38. The summed E-state index contributed by atoms with van der Waals surface area (Å²) in [5, 5.41) is 11.7. The Kier molecular flexibility index (Phi) is 3.43. The quantitative estimate of drug-likeness (QED) is 0.795. The molecule has 6 heteroatoms. The number of amides is 1. The molecule has 21 heavy (non-hydrogen) atoms. The number of nitrogens with zero attached hydrogens (tertiary/aromatic N) is 3. The Bertz CT molecular complexity index is 788. The van der Waals surface area contributed by atoms with E-state index in [0.29, 0.717) is 18.2 Å². The smallest absolute Gasteiger partial charge is 0.249 e. The average molecular weight is 284 g/mol. The van der Waals surface area contributed by atoms with Crippen molar-refractivity contribution in [3.8, 4) is 11.5 Å². The predicted molar refractivity (Wildman–Crippen MR) is 78.7 cm³/mol. The lowest BCUT2D eigenvalue weighted by Crippen LogP contribution is -2.22. The van der Waals surface area contributed by atoms with Gasteiger partial charge in [0, 0.05) is 30.6 Å². The fraction of sp³-hybridized carbons (Fsp3) is 0.267. The number of hydrogen-bond donors (Lipinski definition) is 1. The molecule has 0 saturated heterocycles. The lowest BCUT2D eigenvalue weighted by molar-refractivity contribution is -0.121. The van der Waals surface area contributed by atoms with Gasteiger partial charge in [0.05, 0.1) is 5.56 Å².